The van der Waals surface area contributed by atoms with Gasteiger partial charge in [0.1, 0.15) is 5.76 Å². The third-order valence-corrected chi connectivity index (χ3v) is 7.82. The molecule has 0 aliphatic rings. The minimum Gasteiger partial charge on any atom is -0.542 e. The van der Waals surface area contributed by atoms with E-state index in [4.69, 9.17) is 4.43 Å². The molecule has 2 nitrogen and oxygen atoms in total. The summed E-state index contributed by atoms with van der Waals surface area (Å²) in [6.45, 7) is 8.67. The summed E-state index contributed by atoms with van der Waals surface area (Å²) in [4.78, 5) is 11.0. The summed E-state index contributed by atoms with van der Waals surface area (Å²) in [5, 5.41) is 0. The van der Waals surface area contributed by atoms with Gasteiger partial charge in [-0.3, -0.25) is 4.79 Å². The number of carbonyl (C=O) groups is 1. The molecule has 0 atom stereocenters. The Labute approximate surface area is 101 Å². The summed E-state index contributed by atoms with van der Waals surface area (Å²) in [6, 6.07) is 3.25. The number of hydrogen-bond acceptors (Lipinski definition) is 2. The van der Waals surface area contributed by atoms with Crippen LogP contribution in [0.25, 0.3) is 0 Å². The van der Waals surface area contributed by atoms with E-state index in [1.54, 1.807) is 0 Å². The Morgan fingerprint density at radius 3 is 2.06 bits per heavy atom. The van der Waals surface area contributed by atoms with Crippen LogP contribution in [0.2, 0.25) is 18.1 Å². The van der Waals surface area contributed by atoms with Gasteiger partial charge in [-0.1, -0.05) is 34.1 Å². The number of allylic oxidation sites excluding steroid dienone is 2. The van der Waals surface area contributed by atoms with Crippen LogP contribution in [0.15, 0.2) is 11.8 Å². The van der Waals surface area contributed by atoms with E-state index in [0.717, 1.165) is 43.7 Å². The molecule has 0 saturated carbocycles. The van der Waals surface area contributed by atoms with Crippen molar-refractivity contribution < 1.29 is 9.22 Å². The number of aldehydes is 1. The zero-order valence-electron chi connectivity index (χ0n) is 11.2. The highest BCUT2D eigenvalue weighted by Gasteiger charge is 2.31. The summed E-state index contributed by atoms with van der Waals surface area (Å²) >= 11 is 0. The van der Waals surface area contributed by atoms with Crippen LogP contribution in [0.4, 0.5) is 0 Å². The predicted molar refractivity (Wildman–Crippen MR) is 72.0 cm³/mol. The molecule has 0 bridgehead atoms. The lowest BCUT2D eigenvalue weighted by Crippen LogP contribution is -2.35. The van der Waals surface area contributed by atoms with E-state index in [2.05, 4.69) is 27.7 Å². The van der Waals surface area contributed by atoms with E-state index in [9.17, 15) is 4.79 Å². The van der Waals surface area contributed by atoms with Crippen molar-refractivity contribution >= 4 is 14.6 Å². The van der Waals surface area contributed by atoms with Gasteiger partial charge >= 0.3 is 0 Å². The van der Waals surface area contributed by atoms with Gasteiger partial charge < -0.3 is 4.43 Å². The van der Waals surface area contributed by atoms with Gasteiger partial charge in [0.15, 0.2) is 6.29 Å². The Balaban J connectivity index is 4.48. The van der Waals surface area contributed by atoms with Crippen LogP contribution >= 0.6 is 0 Å². The monoisotopic (exact) mass is 242 g/mol. The number of hydrogen-bond donors (Lipinski definition) is 0. The molecule has 0 rings (SSSR count). The van der Waals surface area contributed by atoms with Crippen molar-refractivity contribution in [3.05, 3.63) is 11.8 Å². The fourth-order valence-corrected chi connectivity index (χ4v) is 4.34. The summed E-state index contributed by atoms with van der Waals surface area (Å²) in [5.41, 5.74) is 0. The molecule has 0 aromatic carbocycles. The van der Waals surface area contributed by atoms with Crippen LogP contribution in [0.1, 0.15) is 47.0 Å². The molecule has 0 saturated heterocycles. The van der Waals surface area contributed by atoms with Crippen molar-refractivity contribution in [3.63, 3.8) is 0 Å². The molecule has 0 aliphatic carbocycles. The standard InChI is InChI=1S/C13H26O2Si/c1-5-9-10-11-13(12-14)15-16(6-2,7-3)8-4/h11-12H,5-10H2,1-4H3/b13-11-. The molecule has 0 amide bonds. The highest BCUT2D eigenvalue weighted by atomic mass is 28.4. The Bertz CT molecular complexity index is 212. The second-order valence-corrected chi connectivity index (χ2v) is 8.90. The molecule has 0 N–H and O–H groups in total. The maximum Gasteiger partial charge on any atom is 0.250 e. The lowest BCUT2D eigenvalue weighted by molar-refractivity contribution is -0.106. The topological polar surface area (TPSA) is 26.3 Å². The molecule has 0 spiro atoms. The number of unbranched alkanes of at least 4 members (excludes halogenated alkanes) is 2. The normalized spacial score (nSPS) is 12.6. The van der Waals surface area contributed by atoms with Crippen LogP contribution in [0.5, 0.6) is 0 Å². The van der Waals surface area contributed by atoms with Crippen LogP contribution < -0.4 is 0 Å². The first-order valence-corrected chi connectivity index (χ1v) is 9.05. The summed E-state index contributed by atoms with van der Waals surface area (Å²) in [6.07, 6.45) is 6.06. The van der Waals surface area contributed by atoms with Gasteiger partial charge in [-0.2, -0.15) is 0 Å². The average Bonchev–Trinajstić information content (AvgIpc) is 2.34. The van der Waals surface area contributed by atoms with Gasteiger partial charge in [-0.15, -0.1) is 0 Å². The smallest absolute Gasteiger partial charge is 0.250 e. The van der Waals surface area contributed by atoms with Crippen molar-refractivity contribution in [2.75, 3.05) is 0 Å². The van der Waals surface area contributed by atoms with Crippen LogP contribution in [0.3, 0.4) is 0 Å². The Morgan fingerprint density at radius 2 is 1.69 bits per heavy atom. The van der Waals surface area contributed by atoms with Gasteiger partial charge in [0.05, 0.1) is 0 Å². The zero-order chi connectivity index (χ0) is 12.4. The van der Waals surface area contributed by atoms with Crippen LogP contribution in [-0.2, 0) is 9.22 Å². The molecule has 0 radical (unpaired) electrons. The molecule has 94 valence electrons. The molecule has 0 aromatic rings. The second kappa shape index (κ2) is 8.56. The highest BCUT2D eigenvalue weighted by Crippen LogP contribution is 2.24. The van der Waals surface area contributed by atoms with Crippen LogP contribution in [-0.4, -0.2) is 14.6 Å². The summed E-state index contributed by atoms with van der Waals surface area (Å²) in [5.74, 6) is 0.575. The van der Waals surface area contributed by atoms with Gasteiger partial charge in [-0.25, -0.2) is 0 Å². The van der Waals surface area contributed by atoms with Gasteiger partial charge in [0.2, 0.25) is 0 Å². The zero-order valence-corrected chi connectivity index (χ0v) is 12.2. The first-order chi connectivity index (χ1) is 7.67. The molecule has 0 heterocycles. The molecule has 0 fully saturated rings. The highest BCUT2D eigenvalue weighted by molar-refractivity contribution is 6.74. The van der Waals surface area contributed by atoms with Gasteiger partial charge in [-0.05, 0) is 37.0 Å². The van der Waals surface area contributed by atoms with Crippen molar-refractivity contribution in [2.24, 2.45) is 0 Å². The third-order valence-electron chi connectivity index (χ3n) is 3.29. The fraction of sp³-hybridized carbons (Fsp3) is 0.769. The Kier molecular flexibility index (Phi) is 8.26. The molecular formula is C13H26O2Si. The Morgan fingerprint density at radius 1 is 1.12 bits per heavy atom. The molecule has 0 aromatic heterocycles. The van der Waals surface area contributed by atoms with Crippen LogP contribution in [0, 0.1) is 0 Å². The number of carbonyl (C=O) groups excluding carboxylic acids is 1. The first-order valence-electron chi connectivity index (χ1n) is 6.52. The molecular weight excluding hydrogens is 216 g/mol. The number of rotatable bonds is 9. The lowest BCUT2D eigenvalue weighted by atomic mass is 10.2. The summed E-state index contributed by atoms with van der Waals surface area (Å²) < 4.78 is 6.01. The van der Waals surface area contributed by atoms with Crippen molar-refractivity contribution in [2.45, 2.75) is 65.1 Å². The third kappa shape index (κ3) is 4.97. The molecule has 16 heavy (non-hydrogen) atoms. The van der Waals surface area contributed by atoms with E-state index >= 15 is 0 Å². The average molecular weight is 242 g/mol. The van der Waals surface area contributed by atoms with Crippen molar-refractivity contribution in [1.82, 2.24) is 0 Å². The van der Waals surface area contributed by atoms with E-state index < -0.39 is 8.32 Å². The molecule has 0 unspecified atom stereocenters. The maximum absolute atomic E-state index is 11.0. The van der Waals surface area contributed by atoms with Gasteiger partial charge in [0, 0.05) is 0 Å². The second-order valence-electron chi connectivity index (χ2n) is 4.21. The van der Waals surface area contributed by atoms with Crippen molar-refractivity contribution in [3.8, 4) is 0 Å². The van der Waals surface area contributed by atoms with E-state index in [1.165, 1.54) is 0 Å². The van der Waals surface area contributed by atoms with E-state index in [-0.39, 0.29) is 0 Å². The summed E-state index contributed by atoms with van der Waals surface area (Å²) in [7, 11) is -1.66. The van der Waals surface area contributed by atoms with E-state index in [0.29, 0.717) is 5.76 Å². The fourth-order valence-electron chi connectivity index (χ4n) is 1.78. The molecule has 0 aliphatic heterocycles. The lowest BCUT2D eigenvalue weighted by Gasteiger charge is -2.28. The quantitative estimate of drug-likeness (QED) is 0.198. The predicted octanol–water partition coefficient (Wildman–Crippen LogP) is 4.28. The maximum atomic E-state index is 11.0. The minimum absolute atomic E-state index is 0.575. The van der Waals surface area contributed by atoms with Gasteiger partial charge in [0.25, 0.3) is 8.32 Å². The van der Waals surface area contributed by atoms with E-state index in [1.807, 2.05) is 6.08 Å². The molecule has 3 heteroatoms. The Hall–Kier alpha value is -0.573. The minimum atomic E-state index is -1.66. The largest absolute Gasteiger partial charge is 0.542 e. The first kappa shape index (κ1) is 15.4. The van der Waals surface area contributed by atoms with Crippen molar-refractivity contribution in [1.29, 1.82) is 0 Å². The SMILES string of the molecule is CCCC/C=C(/C=O)O[Si](CC)(CC)CC.